The Hall–Kier alpha value is -5.70. The molecule has 41 heavy (non-hydrogen) atoms. The molecular weight excluding hydrogens is 520 g/mol. The third kappa shape index (κ3) is 4.39. The normalized spacial score (nSPS) is 11.3. The lowest BCUT2D eigenvalue weighted by molar-refractivity contribution is 0.628. The summed E-state index contributed by atoms with van der Waals surface area (Å²) in [7, 11) is 0. The van der Waals surface area contributed by atoms with Gasteiger partial charge in [-0.3, -0.25) is 15.1 Å². The number of pyridine rings is 2. The zero-order chi connectivity index (χ0) is 27.9. The lowest BCUT2D eigenvalue weighted by Gasteiger charge is -2.11. The monoisotopic (exact) mass is 541 g/mol. The first-order chi connectivity index (χ1) is 20.0. The van der Waals surface area contributed by atoms with Gasteiger partial charge in [-0.25, -0.2) is 13.8 Å². The Morgan fingerprint density at radius 2 is 1.66 bits per heavy atom. The Labute approximate surface area is 232 Å². The lowest BCUT2D eigenvalue weighted by atomic mass is 10.0. The largest absolute Gasteiger partial charge is 0.354 e. The summed E-state index contributed by atoms with van der Waals surface area (Å²) in [5, 5.41) is 10.9. The van der Waals surface area contributed by atoms with Crippen molar-refractivity contribution in [3.05, 3.63) is 121 Å². The Kier molecular flexibility index (Phi) is 5.82. The molecule has 198 valence electrons. The second-order valence-corrected chi connectivity index (χ2v) is 9.50. The number of hydrogen-bond donors (Lipinski definition) is 3. The van der Waals surface area contributed by atoms with E-state index in [9.17, 15) is 4.39 Å². The third-order valence-electron chi connectivity index (χ3n) is 6.88. The molecule has 7 nitrogen and oxygen atoms in total. The summed E-state index contributed by atoms with van der Waals surface area (Å²) in [6.07, 6.45) is 4.92. The van der Waals surface area contributed by atoms with E-state index in [1.165, 1.54) is 12.1 Å². The molecule has 0 radical (unpaired) electrons. The minimum Gasteiger partial charge on any atom is -0.354 e. The molecule has 9 heteroatoms. The van der Waals surface area contributed by atoms with E-state index in [2.05, 4.69) is 37.0 Å². The second-order valence-electron chi connectivity index (χ2n) is 9.50. The fraction of sp³-hybridized carbons (Fsp3) is 0. The van der Waals surface area contributed by atoms with Crippen LogP contribution in [-0.4, -0.2) is 30.1 Å². The molecule has 0 atom stereocenters. The average molecular weight is 542 g/mol. The van der Waals surface area contributed by atoms with Crippen molar-refractivity contribution in [1.29, 1.82) is 0 Å². The highest BCUT2D eigenvalue weighted by atomic mass is 19.1. The Morgan fingerprint density at radius 3 is 2.49 bits per heavy atom. The highest BCUT2D eigenvalue weighted by molar-refractivity contribution is 5.98. The van der Waals surface area contributed by atoms with Crippen LogP contribution in [0.3, 0.4) is 0 Å². The van der Waals surface area contributed by atoms with E-state index in [1.54, 1.807) is 48.9 Å². The molecule has 3 N–H and O–H groups in total. The standard InChI is InChI=1S/C32H21F2N7/c1-18(19-5-3-2-4-6-19)37-23-15-21(16-35-17-23)24-11-12-25-27(28(24)34)31(41-40-25)32-38-26-13-14-36-29(30(26)39-32)20-7-9-22(33)10-8-20/h2-17,37H,1H2,(H,38,39)(H,40,41). The number of nitrogens with one attached hydrogen (secondary N) is 3. The zero-order valence-electron chi connectivity index (χ0n) is 21.5. The van der Waals surface area contributed by atoms with E-state index < -0.39 is 5.82 Å². The van der Waals surface area contributed by atoms with Gasteiger partial charge in [-0.2, -0.15) is 5.10 Å². The van der Waals surface area contributed by atoms with Crippen LogP contribution in [-0.2, 0) is 0 Å². The van der Waals surface area contributed by atoms with Gasteiger partial charge in [0.1, 0.15) is 22.8 Å². The minimum absolute atomic E-state index is 0.296. The molecule has 0 saturated heterocycles. The number of nitrogens with zero attached hydrogens (tertiary/aromatic N) is 4. The van der Waals surface area contributed by atoms with E-state index in [0.717, 1.165) is 5.56 Å². The number of anilines is 1. The van der Waals surface area contributed by atoms with E-state index >= 15 is 4.39 Å². The van der Waals surface area contributed by atoms with E-state index in [1.807, 2.05) is 36.4 Å². The number of H-pyrrole nitrogens is 2. The first kappa shape index (κ1) is 24.3. The number of rotatable bonds is 6. The van der Waals surface area contributed by atoms with Crippen molar-refractivity contribution in [3.63, 3.8) is 0 Å². The first-order valence-electron chi connectivity index (χ1n) is 12.8. The molecule has 0 aliphatic heterocycles. The van der Waals surface area contributed by atoms with Crippen molar-refractivity contribution in [2.45, 2.75) is 0 Å². The topological polar surface area (TPSA) is 95.2 Å². The number of aromatic amines is 2. The van der Waals surface area contributed by atoms with Crippen molar-refractivity contribution in [3.8, 4) is 33.9 Å². The zero-order valence-corrected chi connectivity index (χ0v) is 21.5. The van der Waals surface area contributed by atoms with Crippen LogP contribution in [0.15, 0.2) is 104 Å². The number of fused-ring (bicyclic) bond motifs is 2. The highest BCUT2D eigenvalue weighted by Gasteiger charge is 2.21. The molecule has 0 unspecified atom stereocenters. The van der Waals surface area contributed by atoms with Crippen molar-refractivity contribution in [1.82, 2.24) is 30.1 Å². The molecule has 0 saturated carbocycles. The van der Waals surface area contributed by atoms with Crippen molar-refractivity contribution in [2.24, 2.45) is 0 Å². The van der Waals surface area contributed by atoms with Gasteiger partial charge in [-0.15, -0.1) is 0 Å². The van der Waals surface area contributed by atoms with Crippen LogP contribution in [0, 0.1) is 11.6 Å². The van der Waals surface area contributed by atoms with Crippen LogP contribution >= 0.6 is 0 Å². The Balaban J connectivity index is 1.28. The first-order valence-corrected chi connectivity index (χ1v) is 12.8. The summed E-state index contributed by atoms with van der Waals surface area (Å²) in [6, 6.07) is 22.8. The molecule has 4 heterocycles. The van der Waals surface area contributed by atoms with Crippen LogP contribution in [0.25, 0.3) is 61.5 Å². The molecule has 0 fully saturated rings. The van der Waals surface area contributed by atoms with Gasteiger partial charge in [0.15, 0.2) is 5.82 Å². The molecule has 0 spiro atoms. The molecule has 7 aromatic rings. The van der Waals surface area contributed by atoms with Crippen LogP contribution in [0.4, 0.5) is 14.5 Å². The molecule has 0 amide bonds. The van der Waals surface area contributed by atoms with Gasteiger partial charge in [0.05, 0.1) is 34.0 Å². The number of imidazole rings is 1. The molecule has 4 aromatic heterocycles. The van der Waals surface area contributed by atoms with Crippen LogP contribution in [0.5, 0.6) is 0 Å². The molecule has 0 bridgehead atoms. The van der Waals surface area contributed by atoms with E-state index in [4.69, 9.17) is 4.98 Å². The van der Waals surface area contributed by atoms with Gasteiger partial charge < -0.3 is 10.3 Å². The van der Waals surface area contributed by atoms with Gasteiger partial charge in [-0.05, 0) is 54.1 Å². The molecule has 7 rings (SSSR count). The van der Waals surface area contributed by atoms with Gasteiger partial charge >= 0.3 is 0 Å². The smallest absolute Gasteiger partial charge is 0.159 e. The SMILES string of the molecule is C=C(Nc1cncc(-c2ccc3[nH]nc(-c4nc5c(-c6ccc(F)cc6)nccc5[nH]4)c3c2F)c1)c1ccccc1. The number of benzene rings is 3. The second kappa shape index (κ2) is 9.80. The van der Waals surface area contributed by atoms with Crippen LogP contribution < -0.4 is 5.32 Å². The molecule has 3 aromatic carbocycles. The molecule has 0 aliphatic rings. The van der Waals surface area contributed by atoms with E-state index in [0.29, 0.717) is 67.2 Å². The quantitative estimate of drug-likeness (QED) is 0.202. The van der Waals surface area contributed by atoms with Crippen molar-refractivity contribution >= 4 is 33.3 Å². The number of halogens is 2. The maximum Gasteiger partial charge on any atom is 0.159 e. The summed E-state index contributed by atoms with van der Waals surface area (Å²) in [5.74, 6) is -0.411. The van der Waals surface area contributed by atoms with Gasteiger partial charge in [0.25, 0.3) is 0 Å². The number of aromatic nitrogens is 6. The summed E-state index contributed by atoms with van der Waals surface area (Å²) in [6.45, 7) is 4.11. The number of hydrogen-bond acceptors (Lipinski definition) is 5. The summed E-state index contributed by atoms with van der Waals surface area (Å²) >= 11 is 0. The minimum atomic E-state index is -0.454. The lowest BCUT2D eigenvalue weighted by Crippen LogP contribution is -1.98. The molecular formula is C32H21F2N7. The predicted molar refractivity (Wildman–Crippen MR) is 157 cm³/mol. The van der Waals surface area contributed by atoms with Gasteiger partial charge in [-0.1, -0.05) is 36.9 Å². The average Bonchev–Trinajstić information content (AvgIpc) is 3.63. The fourth-order valence-electron chi connectivity index (χ4n) is 4.87. The Morgan fingerprint density at radius 1 is 0.829 bits per heavy atom. The fourth-order valence-corrected chi connectivity index (χ4v) is 4.87. The third-order valence-corrected chi connectivity index (χ3v) is 6.88. The van der Waals surface area contributed by atoms with Crippen LogP contribution in [0.2, 0.25) is 0 Å². The highest BCUT2D eigenvalue weighted by Crippen LogP contribution is 2.35. The maximum atomic E-state index is 16.2. The predicted octanol–water partition coefficient (Wildman–Crippen LogP) is 7.59. The van der Waals surface area contributed by atoms with Crippen molar-refractivity contribution < 1.29 is 8.78 Å². The summed E-state index contributed by atoms with van der Waals surface area (Å²) in [5.41, 5.74) is 6.72. The van der Waals surface area contributed by atoms with Gasteiger partial charge in [0.2, 0.25) is 0 Å². The van der Waals surface area contributed by atoms with Crippen molar-refractivity contribution in [2.75, 3.05) is 5.32 Å². The molecule has 0 aliphatic carbocycles. The summed E-state index contributed by atoms with van der Waals surface area (Å²) < 4.78 is 29.7. The van der Waals surface area contributed by atoms with Gasteiger partial charge in [0, 0.05) is 34.8 Å². The maximum absolute atomic E-state index is 16.2. The Bertz CT molecular complexity index is 2060. The summed E-state index contributed by atoms with van der Waals surface area (Å²) in [4.78, 5) is 16.8. The van der Waals surface area contributed by atoms with E-state index in [-0.39, 0.29) is 5.82 Å². The van der Waals surface area contributed by atoms with Crippen LogP contribution in [0.1, 0.15) is 5.56 Å².